The van der Waals surface area contributed by atoms with Gasteiger partial charge in [0.2, 0.25) is 5.91 Å². The van der Waals surface area contributed by atoms with E-state index in [4.69, 9.17) is 5.73 Å². The van der Waals surface area contributed by atoms with E-state index in [0.29, 0.717) is 0 Å². The van der Waals surface area contributed by atoms with Gasteiger partial charge in [-0.25, -0.2) is 0 Å². The second-order valence-electron chi connectivity index (χ2n) is 3.00. The molecule has 0 atom stereocenters. The number of amides is 1. The van der Waals surface area contributed by atoms with Gasteiger partial charge in [0.1, 0.15) is 0 Å². The summed E-state index contributed by atoms with van der Waals surface area (Å²) in [4.78, 5) is 11.6. The Balaban J connectivity index is 2.34. The number of nitrogens with zero attached hydrogens (tertiary/aromatic N) is 1. The lowest BCUT2D eigenvalue weighted by molar-refractivity contribution is -0.113. The summed E-state index contributed by atoms with van der Waals surface area (Å²) in [5, 5.41) is 1.98. The van der Waals surface area contributed by atoms with Crippen molar-refractivity contribution in [2.75, 3.05) is 0 Å². The van der Waals surface area contributed by atoms with Gasteiger partial charge in [-0.2, -0.15) is 0 Å². The average Bonchev–Trinajstić information content (AvgIpc) is 2.85. The fourth-order valence-corrected chi connectivity index (χ4v) is 2.09. The van der Waals surface area contributed by atoms with E-state index in [1.165, 1.54) is 6.08 Å². The summed E-state index contributed by atoms with van der Waals surface area (Å²) >= 11 is 1.57. The van der Waals surface area contributed by atoms with Gasteiger partial charge in [0, 0.05) is 18.5 Å². The molecule has 0 saturated heterocycles. The van der Waals surface area contributed by atoms with Crippen LogP contribution in [0.2, 0.25) is 0 Å². The molecule has 0 aliphatic carbocycles. The number of rotatable bonds is 3. The molecule has 0 radical (unpaired) electrons. The Kier molecular flexibility index (Phi) is 2.69. The van der Waals surface area contributed by atoms with Gasteiger partial charge < -0.3 is 10.3 Å². The molecule has 3 nitrogen and oxygen atoms in total. The van der Waals surface area contributed by atoms with Gasteiger partial charge in [0.25, 0.3) is 0 Å². The first-order chi connectivity index (χ1) is 7.27. The SMILES string of the molecule is NC(=O)/C=C\c1sccc1-n1cccc1. The number of carbonyl (C=O) groups is 1. The molecule has 0 spiro atoms. The Morgan fingerprint density at radius 3 is 2.80 bits per heavy atom. The molecule has 0 aromatic carbocycles. The first-order valence-corrected chi connectivity index (χ1v) is 5.33. The van der Waals surface area contributed by atoms with Crippen molar-refractivity contribution in [3.63, 3.8) is 0 Å². The molecule has 2 rings (SSSR count). The maximum atomic E-state index is 10.6. The average molecular weight is 218 g/mol. The van der Waals surface area contributed by atoms with Gasteiger partial charge in [0.15, 0.2) is 0 Å². The fraction of sp³-hybridized carbons (Fsp3) is 0. The molecule has 15 heavy (non-hydrogen) atoms. The molecular formula is C11H10N2OS. The summed E-state index contributed by atoms with van der Waals surface area (Å²) < 4.78 is 2.00. The van der Waals surface area contributed by atoms with Crippen LogP contribution in [0.5, 0.6) is 0 Å². The van der Waals surface area contributed by atoms with Crippen LogP contribution in [-0.2, 0) is 4.79 Å². The molecule has 2 aromatic heterocycles. The van der Waals surface area contributed by atoms with Crippen molar-refractivity contribution in [1.82, 2.24) is 4.57 Å². The number of hydrogen-bond donors (Lipinski definition) is 1. The minimum Gasteiger partial charge on any atom is -0.366 e. The van der Waals surface area contributed by atoms with Crippen molar-refractivity contribution in [2.45, 2.75) is 0 Å². The van der Waals surface area contributed by atoms with Gasteiger partial charge in [-0.05, 0) is 29.7 Å². The van der Waals surface area contributed by atoms with Crippen LogP contribution in [0.1, 0.15) is 4.88 Å². The highest BCUT2D eigenvalue weighted by Gasteiger charge is 2.02. The zero-order valence-corrected chi connectivity index (χ0v) is 8.78. The van der Waals surface area contributed by atoms with Crippen LogP contribution < -0.4 is 5.73 Å². The van der Waals surface area contributed by atoms with Crippen LogP contribution in [0, 0.1) is 0 Å². The predicted octanol–water partition coefficient (Wildman–Crippen LogP) is 2.04. The molecule has 2 N–H and O–H groups in total. The number of primary amides is 1. The van der Waals surface area contributed by atoms with E-state index >= 15 is 0 Å². The summed E-state index contributed by atoms with van der Waals surface area (Å²) in [5.74, 6) is -0.429. The van der Waals surface area contributed by atoms with Crippen molar-refractivity contribution >= 4 is 23.3 Å². The van der Waals surface area contributed by atoms with Gasteiger partial charge in [-0.15, -0.1) is 11.3 Å². The molecule has 2 heterocycles. The van der Waals surface area contributed by atoms with Crippen LogP contribution in [0.15, 0.2) is 42.0 Å². The molecular weight excluding hydrogens is 208 g/mol. The zero-order chi connectivity index (χ0) is 10.7. The molecule has 1 amide bonds. The predicted molar refractivity (Wildman–Crippen MR) is 61.9 cm³/mol. The molecule has 0 aliphatic heterocycles. The number of hydrogen-bond acceptors (Lipinski definition) is 2. The molecule has 76 valence electrons. The normalized spacial score (nSPS) is 10.9. The molecule has 0 unspecified atom stereocenters. The Morgan fingerprint density at radius 1 is 1.40 bits per heavy atom. The van der Waals surface area contributed by atoms with E-state index in [1.807, 2.05) is 40.5 Å². The highest BCUT2D eigenvalue weighted by atomic mass is 32.1. The van der Waals surface area contributed by atoms with E-state index in [2.05, 4.69) is 0 Å². The lowest BCUT2D eigenvalue weighted by Gasteiger charge is -2.00. The third kappa shape index (κ3) is 2.16. The van der Waals surface area contributed by atoms with Crippen molar-refractivity contribution < 1.29 is 4.79 Å². The van der Waals surface area contributed by atoms with Crippen LogP contribution in [0.4, 0.5) is 0 Å². The standard InChI is InChI=1S/C11H10N2OS/c12-11(14)4-3-10-9(5-8-15-10)13-6-1-2-7-13/h1-8H,(H2,12,14)/b4-3-. The molecule has 0 bridgehead atoms. The van der Waals surface area contributed by atoms with E-state index < -0.39 is 5.91 Å². The van der Waals surface area contributed by atoms with E-state index in [1.54, 1.807) is 17.4 Å². The third-order valence-corrected chi connectivity index (χ3v) is 2.83. The second-order valence-corrected chi connectivity index (χ2v) is 3.94. The van der Waals surface area contributed by atoms with E-state index in [0.717, 1.165) is 10.6 Å². The fourth-order valence-electron chi connectivity index (χ4n) is 1.31. The highest BCUT2D eigenvalue weighted by Crippen LogP contribution is 2.22. The van der Waals surface area contributed by atoms with Crippen LogP contribution in [0.3, 0.4) is 0 Å². The monoisotopic (exact) mass is 218 g/mol. The number of carbonyl (C=O) groups excluding carboxylic acids is 1. The van der Waals surface area contributed by atoms with Crippen molar-refractivity contribution in [2.24, 2.45) is 5.73 Å². The molecule has 2 aromatic rings. The van der Waals surface area contributed by atoms with Gasteiger partial charge in [0.05, 0.1) is 10.6 Å². The first-order valence-electron chi connectivity index (χ1n) is 4.46. The molecule has 4 heteroatoms. The topological polar surface area (TPSA) is 48.0 Å². The van der Waals surface area contributed by atoms with Crippen molar-refractivity contribution in [1.29, 1.82) is 0 Å². The maximum Gasteiger partial charge on any atom is 0.241 e. The maximum absolute atomic E-state index is 10.6. The third-order valence-electron chi connectivity index (χ3n) is 1.95. The Bertz CT molecular complexity index is 482. The van der Waals surface area contributed by atoms with Crippen LogP contribution in [0.25, 0.3) is 11.8 Å². The van der Waals surface area contributed by atoms with E-state index in [-0.39, 0.29) is 0 Å². The second kappa shape index (κ2) is 4.14. The zero-order valence-electron chi connectivity index (χ0n) is 7.96. The minimum atomic E-state index is -0.429. The smallest absolute Gasteiger partial charge is 0.241 e. The van der Waals surface area contributed by atoms with Crippen LogP contribution >= 0.6 is 11.3 Å². The lowest BCUT2D eigenvalue weighted by atomic mass is 10.3. The summed E-state index contributed by atoms with van der Waals surface area (Å²) in [6.07, 6.45) is 7.04. The molecule has 0 fully saturated rings. The molecule has 0 saturated carbocycles. The largest absolute Gasteiger partial charge is 0.366 e. The Labute approximate surface area is 91.5 Å². The quantitative estimate of drug-likeness (QED) is 0.787. The number of aromatic nitrogens is 1. The lowest BCUT2D eigenvalue weighted by Crippen LogP contribution is -2.05. The van der Waals surface area contributed by atoms with Crippen molar-refractivity contribution in [3.8, 4) is 5.69 Å². The first kappa shape index (κ1) is 9.73. The van der Waals surface area contributed by atoms with Gasteiger partial charge in [-0.3, -0.25) is 4.79 Å². The van der Waals surface area contributed by atoms with Gasteiger partial charge >= 0.3 is 0 Å². The highest BCUT2D eigenvalue weighted by molar-refractivity contribution is 7.11. The Morgan fingerprint density at radius 2 is 2.13 bits per heavy atom. The number of thiophene rings is 1. The summed E-state index contributed by atoms with van der Waals surface area (Å²) in [5.41, 5.74) is 6.11. The number of nitrogens with two attached hydrogens (primary N) is 1. The summed E-state index contributed by atoms with van der Waals surface area (Å²) in [6, 6.07) is 5.92. The summed E-state index contributed by atoms with van der Waals surface area (Å²) in [7, 11) is 0. The summed E-state index contributed by atoms with van der Waals surface area (Å²) in [6.45, 7) is 0. The van der Waals surface area contributed by atoms with Gasteiger partial charge in [-0.1, -0.05) is 0 Å². The van der Waals surface area contributed by atoms with E-state index in [9.17, 15) is 4.79 Å². The van der Waals surface area contributed by atoms with Crippen molar-refractivity contribution in [3.05, 3.63) is 46.9 Å². The molecule has 0 aliphatic rings. The Hall–Kier alpha value is -1.81. The van der Waals surface area contributed by atoms with Crippen LogP contribution in [-0.4, -0.2) is 10.5 Å². The minimum absolute atomic E-state index is 0.429.